The molecule has 0 saturated carbocycles. The van der Waals surface area contributed by atoms with Crippen molar-refractivity contribution in [3.63, 3.8) is 0 Å². The maximum atomic E-state index is 4.29. The number of halogens is 2. The summed E-state index contributed by atoms with van der Waals surface area (Å²) in [6, 6.07) is 0. The second-order valence-electron chi connectivity index (χ2n) is 5.21. The Morgan fingerprint density at radius 3 is 1.06 bits per heavy atom. The number of nitrogens with zero attached hydrogens (tertiary/aromatic N) is 2. The van der Waals surface area contributed by atoms with Gasteiger partial charge in [0.25, 0.3) is 0 Å². The van der Waals surface area contributed by atoms with Crippen LogP contribution in [0, 0.1) is 0 Å². The predicted octanol–water partition coefficient (Wildman–Crippen LogP) is -4.99. The van der Waals surface area contributed by atoms with Crippen LogP contribution in [0.4, 0.5) is 0 Å². The van der Waals surface area contributed by atoms with Crippen LogP contribution in [-0.2, 0) is 0 Å². The number of rotatable bonds is 7. The fraction of sp³-hybridized carbons (Fsp3) is 1.00. The van der Waals surface area contributed by atoms with E-state index in [9.17, 15) is 0 Å². The minimum atomic E-state index is 0. The van der Waals surface area contributed by atoms with Crippen molar-refractivity contribution in [1.29, 1.82) is 0 Å². The van der Waals surface area contributed by atoms with Crippen LogP contribution in [-0.4, -0.2) is 74.8 Å². The van der Waals surface area contributed by atoms with Gasteiger partial charge in [-0.05, 0) is 0 Å². The Morgan fingerprint density at radius 2 is 0.875 bits per heavy atom. The van der Waals surface area contributed by atoms with Gasteiger partial charge in [-0.3, -0.25) is 0 Å². The Hall–Kier alpha value is 1.58. The molecule has 0 radical (unpaired) electrons. The molecule has 0 aromatic rings. The van der Waals surface area contributed by atoms with E-state index in [1.165, 1.54) is 13.1 Å². The zero-order valence-corrected chi connectivity index (χ0v) is 15.7. The molecule has 16 heavy (non-hydrogen) atoms. The lowest BCUT2D eigenvalue weighted by molar-refractivity contribution is -0.943. The second kappa shape index (κ2) is 10.5. The lowest BCUT2D eigenvalue weighted by Gasteiger charge is -2.35. The molecule has 0 aliphatic carbocycles. The van der Waals surface area contributed by atoms with Gasteiger partial charge in [-0.15, -0.1) is 0 Å². The average Bonchev–Trinajstić information content (AvgIpc) is 2.01. The van der Waals surface area contributed by atoms with Crippen LogP contribution in [0.15, 0.2) is 0 Å². The van der Waals surface area contributed by atoms with Gasteiger partial charge >= 0.3 is 0 Å². The van der Waals surface area contributed by atoms with Crippen molar-refractivity contribution in [3.05, 3.63) is 0 Å². The highest BCUT2D eigenvalue weighted by molar-refractivity contribution is 7.80. The molecule has 0 saturated heterocycles. The Bertz CT molecular complexity index is 149. The molecule has 0 atom stereocenters. The lowest BCUT2D eigenvalue weighted by Crippen LogP contribution is -3.00. The zero-order chi connectivity index (χ0) is 11.2. The van der Waals surface area contributed by atoms with E-state index >= 15 is 0 Å². The summed E-state index contributed by atoms with van der Waals surface area (Å²) < 4.78 is 2.13. The standard InChI is InChI=1S/C10H24N2S2.2BrH/c1-11(2,7-9-13)5-6-12(3,4)8-10-14;;/h5-10H2,1-4H3;2*1H. The van der Waals surface area contributed by atoms with Gasteiger partial charge in [0.15, 0.2) is 0 Å². The van der Waals surface area contributed by atoms with Crippen LogP contribution < -0.4 is 34.0 Å². The first kappa shape index (κ1) is 22.7. The summed E-state index contributed by atoms with van der Waals surface area (Å²) in [5, 5.41) is 0. The van der Waals surface area contributed by atoms with Gasteiger partial charge < -0.3 is 42.9 Å². The smallest absolute Gasteiger partial charge is 0.128 e. The minimum Gasteiger partial charge on any atom is -1.00 e. The van der Waals surface area contributed by atoms with Gasteiger partial charge in [-0.1, -0.05) is 0 Å². The molecule has 0 unspecified atom stereocenters. The molecule has 6 heteroatoms. The number of hydrogen-bond donors (Lipinski definition) is 2. The molecular formula is C10H26Br2N2S2. The first-order valence-electron chi connectivity index (χ1n) is 5.19. The van der Waals surface area contributed by atoms with E-state index in [1.807, 2.05) is 0 Å². The Morgan fingerprint density at radius 1 is 0.625 bits per heavy atom. The maximum absolute atomic E-state index is 4.29. The summed E-state index contributed by atoms with van der Waals surface area (Å²) in [6.45, 7) is 4.71. The topological polar surface area (TPSA) is 0 Å². The molecule has 0 rings (SSSR count). The van der Waals surface area contributed by atoms with E-state index in [1.54, 1.807) is 0 Å². The molecule has 0 fully saturated rings. The van der Waals surface area contributed by atoms with E-state index < -0.39 is 0 Å². The number of hydrogen-bond acceptors (Lipinski definition) is 2. The van der Waals surface area contributed by atoms with Gasteiger partial charge in [0.1, 0.15) is 13.1 Å². The van der Waals surface area contributed by atoms with Crippen molar-refractivity contribution in [3.8, 4) is 0 Å². The van der Waals surface area contributed by atoms with Gasteiger partial charge in [-0.25, -0.2) is 0 Å². The Balaban J connectivity index is -0.000000845. The van der Waals surface area contributed by atoms with Crippen molar-refractivity contribution in [1.82, 2.24) is 0 Å². The molecule has 0 spiro atoms. The van der Waals surface area contributed by atoms with Crippen LogP contribution in [0.1, 0.15) is 0 Å². The Labute approximate surface area is 133 Å². The molecule has 0 amide bonds. The van der Waals surface area contributed by atoms with Gasteiger partial charge in [0.05, 0.1) is 41.3 Å². The normalized spacial score (nSPS) is 11.6. The van der Waals surface area contributed by atoms with Crippen molar-refractivity contribution >= 4 is 25.3 Å². The van der Waals surface area contributed by atoms with Crippen molar-refractivity contribution in [2.24, 2.45) is 0 Å². The van der Waals surface area contributed by atoms with Crippen molar-refractivity contribution in [2.45, 2.75) is 0 Å². The number of likely N-dealkylation sites (N-methyl/N-ethyl adjacent to an activating group) is 2. The first-order valence-corrected chi connectivity index (χ1v) is 6.45. The highest BCUT2D eigenvalue weighted by Crippen LogP contribution is 2.03. The summed E-state index contributed by atoms with van der Waals surface area (Å²) in [5.74, 6) is 1.93. The monoisotopic (exact) mass is 396 g/mol. The third-order valence-electron chi connectivity index (χ3n) is 2.72. The van der Waals surface area contributed by atoms with Gasteiger partial charge in [0.2, 0.25) is 0 Å². The average molecular weight is 398 g/mol. The van der Waals surface area contributed by atoms with E-state index in [0.29, 0.717) is 0 Å². The number of quaternary nitrogens is 2. The van der Waals surface area contributed by atoms with Crippen molar-refractivity contribution in [2.75, 3.05) is 65.9 Å². The molecule has 0 bridgehead atoms. The molecule has 0 N–H and O–H groups in total. The SMILES string of the molecule is C[N+](C)(CCS)CC[N+](C)(C)CCS.[Br-].[Br-]. The summed E-state index contributed by atoms with van der Waals surface area (Å²) in [7, 11) is 9.10. The fourth-order valence-corrected chi connectivity index (χ4v) is 2.39. The molecule has 2 nitrogen and oxygen atoms in total. The molecule has 102 valence electrons. The molecule has 0 aliphatic heterocycles. The summed E-state index contributed by atoms with van der Waals surface area (Å²) in [4.78, 5) is 0. The zero-order valence-electron chi connectivity index (χ0n) is 10.8. The molecule has 0 aromatic heterocycles. The summed E-state index contributed by atoms with van der Waals surface area (Å²) in [5.41, 5.74) is 0. The van der Waals surface area contributed by atoms with Crippen LogP contribution in [0.5, 0.6) is 0 Å². The lowest BCUT2D eigenvalue weighted by atomic mass is 10.3. The van der Waals surface area contributed by atoms with E-state index in [-0.39, 0.29) is 34.0 Å². The summed E-state index contributed by atoms with van der Waals surface area (Å²) in [6.07, 6.45) is 0. The van der Waals surface area contributed by atoms with Crippen LogP contribution in [0.25, 0.3) is 0 Å². The highest BCUT2D eigenvalue weighted by Gasteiger charge is 2.21. The first-order chi connectivity index (χ1) is 6.33. The van der Waals surface area contributed by atoms with E-state index in [4.69, 9.17) is 0 Å². The van der Waals surface area contributed by atoms with Crippen LogP contribution >= 0.6 is 25.3 Å². The molecular weight excluding hydrogens is 372 g/mol. The minimum absolute atomic E-state index is 0. The van der Waals surface area contributed by atoms with Gasteiger partial charge in [0, 0.05) is 11.5 Å². The fourth-order valence-electron chi connectivity index (χ4n) is 1.31. The van der Waals surface area contributed by atoms with Gasteiger partial charge in [-0.2, -0.15) is 25.3 Å². The molecule has 0 heterocycles. The van der Waals surface area contributed by atoms with E-state index in [2.05, 4.69) is 53.4 Å². The quantitative estimate of drug-likeness (QED) is 0.312. The Kier molecular flexibility index (Phi) is 14.9. The number of thiol groups is 2. The predicted molar refractivity (Wildman–Crippen MR) is 71.4 cm³/mol. The highest BCUT2D eigenvalue weighted by atomic mass is 79.9. The largest absolute Gasteiger partial charge is 1.00 e. The second-order valence-corrected chi connectivity index (χ2v) is 6.11. The van der Waals surface area contributed by atoms with Crippen LogP contribution in [0.3, 0.4) is 0 Å². The third-order valence-corrected chi connectivity index (χ3v) is 3.12. The molecule has 0 aliphatic rings. The van der Waals surface area contributed by atoms with Crippen LogP contribution in [0.2, 0.25) is 0 Å². The summed E-state index contributed by atoms with van der Waals surface area (Å²) >= 11 is 8.58. The van der Waals surface area contributed by atoms with Crippen molar-refractivity contribution < 1.29 is 42.9 Å². The molecule has 0 aromatic carbocycles. The third kappa shape index (κ3) is 12.0. The van der Waals surface area contributed by atoms with E-state index in [0.717, 1.165) is 33.6 Å². The maximum Gasteiger partial charge on any atom is 0.128 e.